The van der Waals surface area contributed by atoms with Gasteiger partial charge < -0.3 is 9.29 Å². The molecule has 7 rings (SSSR count). The van der Waals surface area contributed by atoms with Gasteiger partial charge in [-0.2, -0.15) is 0 Å². The molecular weight excluding hydrogens is 365 g/mol. The van der Waals surface area contributed by atoms with Gasteiger partial charge in [-0.05, 0) is 35.1 Å². The monoisotopic (exact) mass is 385 g/mol. The van der Waals surface area contributed by atoms with Crippen molar-refractivity contribution in [2.75, 3.05) is 4.81 Å². The second-order valence-corrected chi connectivity index (χ2v) is 8.68. The lowest BCUT2D eigenvalue weighted by atomic mass is 9.61. The molecule has 0 N–H and O–H groups in total. The molecule has 4 heteroatoms. The van der Waals surface area contributed by atoms with Crippen molar-refractivity contribution in [2.45, 2.75) is 19.8 Å². The number of aromatic nitrogens is 2. The molecular formula is C26H20BN3. The highest BCUT2D eigenvalue weighted by Gasteiger charge is 2.45. The zero-order valence-electron chi connectivity index (χ0n) is 17.0. The highest BCUT2D eigenvalue weighted by atomic mass is 15.2. The highest BCUT2D eigenvalue weighted by molar-refractivity contribution is 6.82. The van der Waals surface area contributed by atoms with Gasteiger partial charge in [0.05, 0.1) is 22.6 Å². The molecule has 0 saturated heterocycles. The van der Waals surface area contributed by atoms with Crippen molar-refractivity contribution in [2.24, 2.45) is 0 Å². The maximum atomic E-state index is 4.96. The van der Waals surface area contributed by atoms with E-state index in [0.717, 1.165) is 5.69 Å². The minimum Gasteiger partial charge on any atom is -0.359 e. The number of fused-ring (bicyclic) bond motifs is 11. The van der Waals surface area contributed by atoms with Crippen LogP contribution in [0.15, 0.2) is 79.0 Å². The van der Waals surface area contributed by atoms with Gasteiger partial charge in [-0.15, -0.1) is 0 Å². The van der Waals surface area contributed by atoms with Crippen molar-refractivity contribution >= 4 is 45.6 Å². The normalized spacial score (nSPS) is 13.8. The first-order valence-corrected chi connectivity index (χ1v) is 10.6. The molecule has 0 radical (unpaired) electrons. The maximum absolute atomic E-state index is 4.96. The molecule has 0 atom stereocenters. The standard InChI is InChI=1S/C26H20BN3/c1-16(2)17-14-24-25(28-15-17)20-9-3-5-11-21(20)27-29(24)23-13-7-10-19-18-8-4-6-12-22(18)30(27)26(19)23/h3-16H,1-2H3. The van der Waals surface area contributed by atoms with Crippen molar-refractivity contribution < 1.29 is 0 Å². The first-order chi connectivity index (χ1) is 14.7. The van der Waals surface area contributed by atoms with Crippen LogP contribution in [0.2, 0.25) is 0 Å². The summed E-state index contributed by atoms with van der Waals surface area (Å²) in [6.07, 6.45) is 2.05. The molecule has 2 aromatic heterocycles. The number of pyridine rings is 1. The van der Waals surface area contributed by atoms with Gasteiger partial charge in [0.15, 0.2) is 0 Å². The van der Waals surface area contributed by atoms with Crippen molar-refractivity contribution in [1.29, 1.82) is 0 Å². The molecule has 142 valence electrons. The van der Waals surface area contributed by atoms with Crippen LogP contribution in [0.1, 0.15) is 25.3 Å². The Hall–Kier alpha value is -3.53. The van der Waals surface area contributed by atoms with E-state index < -0.39 is 0 Å². The van der Waals surface area contributed by atoms with E-state index in [1.807, 2.05) is 6.20 Å². The Morgan fingerprint density at radius 1 is 0.833 bits per heavy atom. The van der Waals surface area contributed by atoms with Gasteiger partial charge in [0.1, 0.15) is 0 Å². The van der Waals surface area contributed by atoms with E-state index in [1.165, 1.54) is 49.8 Å². The molecule has 3 aromatic carbocycles. The van der Waals surface area contributed by atoms with Crippen molar-refractivity contribution in [3.8, 4) is 11.3 Å². The number of nitrogens with zero attached hydrogens (tertiary/aromatic N) is 3. The van der Waals surface area contributed by atoms with E-state index >= 15 is 0 Å². The fraction of sp³-hybridized carbons (Fsp3) is 0.115. The fourth-order valence-electron chi connectivity index (χ4n) is 5.38. The molecule has 0 amide bonds. The molecule has 4 heterocycles. The Kier molecular flexibility index (Phi) is 3.01. The molecule has 0 aliphatic carbocycles. The summed E-state index contributed by atoms with van der Waals surface area (Å²) >= 11 is 0. The first kappa shape index (κ1) is 16.3. The summed E-state index contributed by atoms with van der Waals surface area (Å²) in [5.41, 5.74) is 10.0. The van der Waals surface area contributed by atoms with Crippen LogP contribution in [0.3, 0.4) is 0 Å². The van der Waals surface area contributed by atoms with Crippen LogP contribution in [0.5, 0.6) is 0 Å². The third-order valence-electron chi connectivity index (χ3n) is 6.77. The summed E-state index contributed by atoms with van der Waals surface area (Å²) in [6.45, 7) is 4.58. The van der Waals surface area contributed by atoms with Gasteiger partial charge in [0.25, 0.3) is 0 Å². The average Bonchev–Trinajstić information content (AvgIpc) is 3.31. The van der Waals surface area contributed by atoms with Crippen LogP contribution in [0.25, 0.3) is 33.1 Å². The number of para-hydroxylation sites is 2. The van der Waals surface area contributed by atoms with Crippen molar-refractivity contribution in [1.82, 2.24) is 9.46 Å². The van der Waals surface area contributed by atoms with Gasteiger partial charge in [0, 0.05) is 28.0 Å². The lowest BCUT2D eigenvalue weighted by molar-refractivity contribution is 0.858. The van der Waals surface area contributed by atoms with Crippen LogP contribution >= 0.6 is 0 Å². The Bertz CT molecular complexity index is 1500. The zero-order chi connectivity index (χ0) is 20.0. The molecule has 0 unspecified atom stereocenters. The summed E-state index contributed by atoms with van der Waals surface area (Å²) in [6, 6.07) is 26.6. The summed E-state index contributed by atoms with van der Waals surface area (Å²) in [7, 11) is 0. The van der Waals surface area contributed by atoms with E-state index in [4.69, 9.17) is 4.98 Å². The smallest absolute Gasteiger partial charge is 0.359 e. The lowest BCUT2D eigenvalue weighted by Crippen LogP contribution is -2.51. The second kappa shape index (κ2) is 5.54. The minimum atomic E-state index is 0.109. The maximum Gasteiger partial charge on any atom is 0.421 e. The van der Waals surface area contributed by atoms with Crippen LogP contribution in [-0.4, -0.2) is 16.4 Å². The van der Waals surface area contributed by atoms with Crippen molar-refractivity contribution in [3.63, 3.8) is 0 Å². The van der Waals surface area contributed by atoms with Crippen LogP contribution in [0, 0.1) is 0 Å². The molecule has 0 saturated carbocycles. The van der Waals surface area contributed by atoms with Crippen LogP contribution in [-0.2, 0) is 0 Å². The number of hydrogen-bond acceptors (Lipinski definition) is 2. The molecule has 3 nitrogen and oxygen atoms in total. The predicted molar refractivity (Wildman–Crippen MR) is 126 cm³/mol. The SMILES string of the molecule is CC(C)c1cnc2c(c1)N1B(c3ccccc3-2)n2c3ccccc3c3cccc1c32. The fourth-order valence-corrected chi connectivity index (χ4v) is 5.38. The number of anilines is 2. The van der Waals surface area contributed by atoms with Crippen molar-refractivity contribution in [3.05, 3.63) is 84.6 Å². The third-order valence-corrected chi connectivity index (χ3v) is 6.77. The predicted octanol–water partition coefficient (Wildman–Crippen LogP) is 5.69. The second-order valence-electron chi connectivity index (χ2n) is 8.68. The van der Waals surface area contributed by atoms with Gasteiger partial charge in [-0.1, -0.05) is 68.4 Å². The lowest BCUT2D eigenvalue weighted by Gasteiger charge is -2.34. The van der Waals surface area contributed by atoms with Gasteiger partial charge in [-0.25, -0.2) is 0 Å². The van der Waals surface area contributed by atoms with Crippen LogP contribution < -0.4 is 10.3 Å². The number of rotatable bonds is 1. The first-order valence-electron chi connectivity index (χ1n) is 10.6. The number of hydrogen-bond donors (Lipinski definition) is 0. The Labute approximate surface area is 175 Å². The van der Waals surface area contributed by atoms with E-state index in [-0.39, 0.29) is 6.98 Å². The van der Waals surface area contributed by atoms with Gasteiger partial charge in [0.2, 0.25) is 0 Å². The highest BCUT2D eigenvalue weighted by Crippen LogP contribution is 2.48. The Balaban J connectivity index is 1.65. The molecule has 2 aliphatic heterocycles. The largest absolute Gasteiger partial charge is 0.421 e. The average molecular weight is 385 g/mol. The van der Waals surface area contributed by atoms with E-state index in [0.29, 0.717) is 5.92 Å². The Morgan fingerprint density at radius 3 is 2.53 bits per heavy atom. The summed E-state index contributed by atoms with van der Waals surface area (Å²) in [5.74, 6) is 0.441. The summed E-state index contributed by atoms with van der Waals surface area (Å²) < 4.78 is 2.53. The van der Waals surface area contributed by atoms with E-state index in [1.54, 1.807) is 0 Å². The Morgan fingerprint density at radius 2 is 1.63 bits per heavy atom. The van der Waals surface area contributed by atoms with E-state index in [9.17, 15) is 0 Å². The molecule has 30 heavy (non-hydrogen) atoms. The van der Waals surface area contributed by atoms with E-state index in [2.05, 4.69) is 95.9 Å². The number of benzene rings is 3. The van der Waals surface area contributed by atoms with Crippen LogP contribution in [0.4, 0.5) is 11.4 Å². The van der Waals surface area contributed by atoms with Gasteiger partial charge >= 0.3 is 6.98 Å². The summed E-state index contributed by atoms with van der Waals surface area (Å²) in [5, 5.41) is 2.65. The zero-order valence-corrected chi connectivity index (χ0v) is 17.0. The third kappa shape index (κ3) is 1.85. The molecule has 2 aliphatic rings. The molecule has 0 fully saturated rings. The molecule has 0 bridgehead atoms. The minimum absolute atomic E-state index is 0.109. The topological polar surface area (TPSA) is 21.1 Å². The summed E-state index contributed by atoms with van der Waals surface area (Å²) in [4.78, 5) is 7.47. The quantitative estimate of drug-likeness (QED) is 0.346. The van der Waals surface area contributed by atoms with Gasteiger partial charge in [-0.3, -0.25) is 4.98 Å². The molecule has 0 spiro atoms. The molecule has 5 aromatic rings.